The summed E-state index contributed by atoms with van der Waals surface area (Å²) in [6.07, 6.45) is 4.27. The number of ether oxygens (including phenoxy) is 2. The number of rotatable bonds is 16. The number of hydrogen-bond acceptors (Lipinski definition) is 10. The van der Waals surface area contributed by atoms with Crippen molar-refractivity contribution in [1.29, 1.82) is 5.41 Å². The first-order valence-electron chi connectivity index (χ1n) is 14.3. The van der Waals surface area contributed by atoms with Crippen LogP contribution in [0.3, 0.4) is 0 Å². The third-order valence-corrected chi connectivity index (χ3v) is 7.59. The van der Waals surface area contributed by atoms with E-state index in [2.05, 4.69) is 22.2 Å². The van der Waals surface area contributed by atoms with Crippen molar-refractivity contribution < 1.29 is 33.4 Å². The maximum absolute atomic E-state index is 14.4. The molecule has 224 valence electrons. The molecule has 1 saturated heterocycles. The summed E-state index contributed by atoms with van der Waals surface area (Å²) in [6, 6.07) is -0.972. The number of fused-ring (bicyclic) bond motifs is 1. The average molecular weight is 567 g/mol. The van der Waals surface area contributed by atoms with E-state index in [1.54, 1.807) is 13.8 Å². The predicted octanol–water partition coefficient (Wildman–Crippen LogP) is 1.97. The van der Waals surface area contributed by atoms with E-state index < -0.39 is 66.4 Å². The van der Waals surface area contributed by atoms with Crippen molar-refractivity contribution in [1.82, 2.24) is 10.2 Å². The summed E-state index contributed by atoms with van der Waals surface area (Å²) in [5.74, 6) is -3.51. The molecule has 13 heteroatoms. The summed E-state index contributed by atoms with van der Waals surface area (Å²) < 4.78 is 25.6. The molecule has 3 rings (SSSR count). The zero-order chi connectivity index (χ0) is 29.4. The van der Waals surface area contributed by atoms with Gasteiger partial charge in [-0.2, -0.15) is 4.99 Å². The van der Waals surface area contributed by atoms with Crippen LogP contribution in [0.2, 0.25) is 0 Å². The number of halogens is 1. The molecule has 40 heavy (non-hydrogen) atoms. The highest BCUT2D eigenvalue weighted by Crippen LogP contribution is 2.34. The Morgan fingerprint density at radius 2 is 1.93 bits per heavy atom. The Bertz CT molecular complexity index is 1010. The SMILES string of the molecule is CCCCCCCCCCC(OC(=O)[C@@H](N)C(C)C)C(=O)C12N=CN([C@H]3CC(F)[C@@H](CO)O3)C1=NC(=N)NC2=O. The van der Waals surface area contributed by atoms with Crippen LogP contribution in [0.4, 0.5) is 4.39 Å². The average Bonchev–Trinajstić information content (AvgIpc) is 3.49. The third kappa shape index (κ3) is 6.92. The number of alkyl halides is 1. The van der Waals surface area contributed by atoms with Gasteiger partial charge in [0.25, 0.3) is 11.4 Å². The predicted molar refractivity (Wildman–Crippen MR) is 147 cm³/mol. The van der Waals surface area contributed by atoms with Gasteiger partial charge in [0, 0.05) is 6.42 Å². The monoisotopic (exact) mass is 566 g/mol. The van der Waals surface area contributed by atoms with Gasteiger partial charge >= 0.3 is 5.97 Å². The van der Waals surface area contributed by atoms with Crippen LogP contribution in [0.1, 0.15) is 85.0 Å². The van der Waals surface area contributed by atoms with E-state index in [4.69, 9.17) is 20.6 Å². The molecule has 0 spiro atoms. The van der Waals surface area contributed by atoms with Crippen LogP contribution in [0.25, 0.3) is 0 Å². The molecule has 1 fully saturated rings. The van der Waals surface area contributed by atoms with Gasteiger partial charge in [-0.3, -0.25) is 30.0 Å². The highest BCUT2D eigenvalue weighted by molar-refractivity contribution is 6.39. The van der Waals surface area contributed by atoms with Crippen molar-refractivity contribution in [3.63, 3.8) is 0 Å². The van der Waals surface area contributed by atoms with E-state index >= 15 is 0 Å². The minimum absolute atomic E-state index is 0.151. The van der Waals surface area contributed by atoms with Gasteiger partial charge in [-0.05, 0) is 18.8 Å². The minimum atomic E-state index is -2.25. The number of ketones is 1. The van der Waals surface area contributed by atoms with Crippen molar-refractivity contribution in [2.75, 3.05) is 6.61 Å². The van der Waals surface area contributed by atoms with Crippen LogP contribution in [0.15, 0.2) is 9.98 Å². The summed E-state index contributed by atoms with van der Waals surface area (Å²) >= 11 is 0. The van der Waals surface area contributed by atoms with Gasteiger partial charge in [0.1, 0.15) is 24.5 Å². The lowest BCUT2D eigenvalue weighted by molar-refractivity contribution is -0.159. The number of esters is 1. The summed E-state index contributed by atoms with van der Waals surface area (Å²) in [5.41, 5.74) is 3.74. The maximum atomic E-state index is 14.4. The lowest BCUT2D eigenvalue weighted by Gasteiger charge is -2.34. The second-order valence-corrected chi connectivity index (χ2v) is 11.0. The Balaban J connectivity index is 1.82. The third-order valence-electron chi connectivity index (χ3n) is 7.59. The first-order chi connectivity index (χ1) is 19.1. The molecule has 0 aliphatic carbocycles. The number of carbonyl (C=O) groups excluding carboxylic acids is 3. The molecule has 12 nitrogen and oxygen atoms in total. The molecule has 0 radical (unpaired) electrons. The second-order valence-electron chi connectivity index (χ2n) is 11.0. The number of amides is 1. The van der Waals surface area contributed by atoms with Gasteiger partial charge in [0.15, 0.2) is 11.9 Å². The summed E-state index contributed by atoms with van der Waals surface area (Å²) in [6.45, 7) is 5.11. The maximum Gasteiger partial charge on any atom is 0.323 e. The molecule has 0 aromatic heterocycles. The fourth-order valence-electron chi connectivity index (χ4n) is 5.03. The van der Waals surface area contributed by atoms with E-state index in [1.807, 2.05) is 0 Å². The van der Waals surface area contributed by atoms with Crippen molar-refractivity contribution >= 4 is 35.8 Å². The molecular formula is C27H43FN6O6. The number of amidine groups is 1. The second kappa shape index (κ2) is 14.2. The van der Waals surface area contributed by atoms with E-state index in [-0.39, 0.29) is 24.6 Å². The molecule has 1 amide bonds. The van der Waals surface area contributed by atoms with Crippen molar-refractivity contribution in [3.8, 4) is 0 Å². The molecule has 0 saturated carbocycles. The fraction of sp³-hybridized carbons (Fsp3) is 0.778. The number of aliphatic imine (C=N–C) groups is 2. The summed E-state index contributed by atoms with van der Waals surface area (Å²) in [4.78, 5) is 49.8. The molecule has 0 aromatic rings. The van der Waals surface area contributed by atoms with E-state index in [0.29, 0.717) is 6.42 Å². The van der Waals surface area contributed by atoms with E-state index in [0.717, 1.165) is 38.4 Å². The van der Waals surface area contributed by atoms with Crippen LogP contribution in [-0.4, -0.2) is 88.6 Å². The van der Waals surface area contributed by atoms with E-state index in [9.17, 15) is 23.9 Å². The number of aliphatic hydroxyl groups is 1. The molecule has 0 bridgehead atoms. The summed E-state index contributed by atoms with van der Waals surface area (Å²) in [5, 5.41) is 19.6. The van der Waals surface area contributed by atoms with Crippen molar-refractivity contribution in [3.05, 3.63) is 0 Å². The number of nitrogens with two attached hydrogens (primary N) is 1. The Kier molecular flexibility index (Phi) is 11.3. The molecular weight excluding hydrogens is 523 g/mol. The Morgan fingerprint density at radius 3 is 2.52 bits per heavy atom. The number of aliphatic hydroxyl groups excluding tert-OH is 1. The number of nitrogens with one attached hydrogen (secondary N) is 2. The number of carbonyl (C=O) groups is 3. The quantitative estimate of drug-likeness (QED) is 0.124. The first kappa shape index (κ1) is 31.8. The zero-order valence-corrected chi connectivity index (χ0v) is 23.6. The number of hydrogen-bond donors (Lipinski definition) is 4. The van der Waals surface area contributed by atoms with Gasteiger partial charge in [-0.15, -0.1) is 0 Å². The van der Waals surface area contributed by atoms with Crippen LogP contribution >= 0.6 is 0 Å². The normalized spacial score (nSPS) is 27.4. The van der Waals surface area contributed by atoms with Crippen LogP contribution in [0, 0.1) is 11.3 Å². The smallest absolute Gasteiger partial charge is 0.323 e. The van der Waals surface area contributed by atoms with Gasteiger partial charge < -0.3 is 20.3 Å². The minimum Gasteiger partial charge on any atom is -0.453 e. The first-order valence-corrected chi connectivity index (χ1v) is 14.3. The molecule has 6 atom stereocenters. The number of guanidine groups is 1. The largest absolute Gasteiger partial charge is 0.453 e. The standard InChI is InChI=1S/C27H43FN6O6/c1-4-5-6-7-8-9-10-11-12-18(40-23(37)21(29)16(2)3)22(36)27-24(32-26(30)33-25(27)38)34(15-31-27)20-13-17(28)19(14-35)39-20/h15-21,35H,4-14,29H2,1-3H3,(H2,30,33,38)/t17?,18?,19-,20-,21+,27?/m1/s1. The van der Waals surface area contributed by atoms with Gasteiger partial charge in [0.05, 0.1) is 12.9 Å². The topological polar surface area (TPSA) is 180 Å². The van der Waals surface area contributed by atoms with Crippen molar-refractivity contribution in [2.45, 2.75) is 121 Å². The molecule has 3 heterocycles. The molecule has 3 aliphatic rings. The molecule has 0 aromatic carbocycles. The molecule has 5 N–H and O–H groups in total. The summed E-state index contributed by atoms with van der Waals surface area (Å²) in [7, 11) is 0. The van der Waals surface area contributed by atoms with Gasteiger partial charge in [-0.1, -0.05) is 65.7 Å². The Hall–Kier alpha value is -2.77. The highest BCUT2D eigenvalue weighted by atomic mass is 19.1. The number of Topliss-reactive ketones (excluding diaryl/α,β-unsaturated/α-hetero) is 1. The van der Waals surface area contributed by atoms with Gasteiger partial charge in [0.2, 0.25) is 11.7 Å². The highest BCUT2D eigenvalue weighted by Gasteiger charge is 2.61. The number of nitrogens with zero attached hydrogens (tertiary/aromatic N) is 3. The Morgan fingerprint density at radius 1 is 1.27 bits per heavy atom. The lowest BCUT2D eigenvalue weighted by Crippen LogP contribution is -2.65. The van der Waals surface area contributed by atoms with E-state index in [1.165, 1.54) is 17.7 Å². The van der Waals surface area contributed by atoms with Crippen LogP contribution < -0.4 is 11.1 Å². The molecule has 3 unspecified atom stereocenters. The fourth-order valence-corrected chi connectivity index (χ4v) is 5.03. The zero-order valence-electron chi connectivity index (χ0n) is 23.6. The van der Waals surface area contributed by atoms with Crippen LogP contribution in [-0.2, 0) is 23.9 Å². The van der Waals surface area contributed by atoms with Crippen LogP contribution in [0.5, 0.6) is 0 Å². The Labute approximate surface area is 234 Å². The lowest BCUT2D eigenvalue weighted by atomic mass is 9.85. The molecule has 3 aliphatic heterocycles. The van der Waals surface area contributed by atoms with Gasteiger partial charge in [-0.25, -0.2) is 9.38 Å². The van der Waals surface area contributed by atoms with Crippen molar-refractivity contribution in [2.24, 2.45) is 21.6 Å². The number of unbranched alkanes of at least 4 members (excludes halogenated alkanes) is 7.